The minimum Gasteiger partial charge on any atom is -0.135 e. The van der Waals surface area contributed by atoms with Gasteiger partial charge in [0.15, 0.2) is 0 Å². The Morgan fingerprint density at radius 3 is 1.09 bits per heavy atom. The van der Waals surface area contributed by atoms with E-state index in [-0.39, 0.29) is 0 Å². The number of thiophene rings is 2. The lowest BCUT2D eigenvalue weighted by Crippen LogP contribution is -1.93. The third-order valence-corrected chi connectivity index (χ3v) is 23.1. The molecule has 0 aliphatic carbocycles. The van der Waals surface area contributed by atoms with Crippen molar-refractivity contribution < 1.29 is 0 Å². The summed E-state index contributed by atoms with van der Waals surface area (Å²) in [5.41, 5.74) is 22.0. The molecule has 454 valence electrons. The zero-order valence-corrected chi connectivity index (χ0v) is 54.9. The van der Waals surface area contributed by atoms with Crippen molar-refractivity contribution in [2.75, 3.05) is 0 Å². The molecule has 0 amide bonds. The Morgan fingerprint density at radius 1 is 0.143 bits per heavy atom. The fourth-order valence-electron chi connectivity index (χ4n) is 16.1. The van der Waals surface area contributed by atoms with Gasteiger partial charge in [-0.2, -0.15) is 0 Å². The second-order valence-corrected chi connectivity index (χ2v) is 28.2. The van der Waals surface area contributed by atoms with Gasteiger partial charge in [0.2, 0.25) is 0 Å². The topological polar surface area (TPSA) is 0 Å². The summed E-state index contributed by atoms with van der Waals surface area (Å²) in [7, 11) is 0. The van der Waals surface area contributed by atoms with Crippen LogP contribution in [-0.4, -0.2) is 0 Å². The van der Waals surface area contributed by atoms with Gasteiger partial charge >= 0.3 is 0 Å². The Kier molecular flexibility index (Phi) is 13.1. The van der Waals surface area contributed by atoms with Crippen LogP contribution in [0.15, 0.2) is 352 Å². The smallest absolute Gasteiger partial charge is 0.0433 e. The highest BCUT2D eigenvalue weighted by Crippen LogP contribution is 2.52. The van der Waals surface area contributed by atoms with Crippen LogP contribution in [-0.2, 0) is 0 Å². The van der Waals surface area contributed by atoms with Crippen LogP contribution in [0.5, 0.6) is 0 Å². The van der Waals surface area contributed by atoms with Gasteiger partial charge in [-0.05, 0) is 207 Å². The lowest BCUT2D eigenvalue weighted by molar-refractivity contribution is 1.61. The van der Waals surface area contributed by atoms with E-state index < -0.39 is 0 Å². The molecule has 0 spiro atoms. The molecular weight excluding hydrogens is 1220 g/mol. The van der Waals surface area contributed by atoms with Crippen molar-refractivity contribution in [3.63, 3.8) is 0 Å². The van der Waals surface area contributed by atoms with Crippen LogP contribution in [0.3, 0.4) is 0 Å². The average molecular weight is 1280 g/mol. The van der Waals surface area contributed by atoms with Crippen LogP contribution in [0.25, 0.3) is 205 Å². The van der Waals surface area contributed by atoms with Crippen LogP contribution < -0.4 is 0 Å². The molecule has 0 bridgehead atoms. The van der Waals surface area contributed by atoms with Crippen LogP contribution in [0.2, 0.25) is 0 Å². The van der Waals surface area contributed by atoms with E-state index >= 15 is 0 Å². The first-order chi connectivity index (χ1) is 48.6. The van der Waals surface area contributed by atoms with Crippen LogP contribution in [0.4, 0.5) is 0 Å². The third kappa shape index (κ3) is 9.10. The summed E-state index contributed by atoms with van der Waals surface area (Å²) in [5.74, 6) is 0. The number of hydrogen-bond acceptors (Lipinski definition) is 2. The molecule has 0 atom stereocenters. The fourth-order valence-corrected chi connectivity index (χ4v) is 18.6. The van der Waals surface area contributed by atoms with E-state index in [1.807, 2.05) is 22.7 Å². The second kappa shape index (κ2) is 22.8. The lowest BCUT2D eigenvalue weighted by atomic mass is 9.82. The second-order valence-electron chi connectivity index (χ2n) is 26.0. The summed E-state index contributed by atoms with van der Waals surface area (Å²) in [6, 6.07) is 132. The van der Waals surface area contributed by atoms with Crippen LogP contribution in [0, 0.1) is 0 Å². The van der Waals surface area contributed by atoms with Crippen molar-refractivity contribution in [3.05, 3.63) is 352 Å². The minimum absolute atomic E-state index is 1.18. The van der Waals surface area contributed by atoms with E-state index in [0.29, 0.717) is 0 Å². The predicted octanol–water partition coefficient (Wildman–Crippen LogP) is 28.3. The molecule has 0 unspecified atom stereocenters. The number of hydrogen-bond donors (Lipinski definition) is 0. The molecule has 0 fully saturated rings. The fraction of sp³-hybridized carbons (Fsp3) is 0. The molecule has 0 aliphatic heterocycles. The van der Waals surface area contributed by atoms with Gasteiger partial charge in [0.05, 0.1) is 0 Å². The summed E-state index contributed by atoms with van der Waals surface area (Å²) in [5, 5.41) is 20.0. The molecule has 0 radical (unpaired) electrons. The van der Waals surface area contributed by atoms with Gasteiger partial charge in [-0.3, -0.25) is 0 Å². The molecule has 0 nitrogen and oxygen atoms in total. The summed E-state index contributed by atoms with van der Waals surface area (Å²) in [6.45, 7) is 0. The van der Waals surface area contributed by atoms with Gasteiger partial charge in [0.25, 0.3) is 0 Å². The molecule has 2 heteroatoms. The number of benzene rings is 18. The highest BCUT2D eigenvalue weighted by atomic mass is 32.1. The Morgan fingerprint density at radius 2 is 0.469 bits per heavy atom. The largest absolute Gasteiger partial charge is 0.135 e. The molecule has 20 rings (SSSR count). The van der Waals surface area contributed by atoms with Crippen molar-refractivity contribution in [1.82, 2.24) is 0 Å². The van der Waals surface area contributed by atoms with Crippen molar-refractivity contribution in [1.29, 1.82) is 0 Å². The summed E-state index contributed by atoms with van der Waals surface area (Å²) in [4.78, 5) is 0. The normalized spacial score (nSPS) is 11.9. The molecule has 0 N–H and O–H groups in total. The average Bonchev–Trinajstić information content (AvgIpc) is 0.858. The Bertz CT molecular complexity index is 6640. The van der Waals surface area contributed by atoms with Crippen molar-refractivity contribution in [3.8, 4) is 100 Å². The molecule has 0 saturated heterocycles. The maximum atomic E-state index is 2.50. The number of rotatable bonds is 9. The van der Waals surface area contributed by atoms with E-state index in [1.165, 1.54) is 205 Å². The van der Waals surface area contributed by atoms with E-state index in [4.69, 9.17) is 0 Å². The quantitative estimate of drug-likeness (QED) is 0.126. The highest BCUT2D eigenvalue weighted by molar-refractivity contribution is 7.26. The van der Waals surface area contributed by atoms with E-state index in [1.54, 1.807) is 0 Å². The number of fused-ring (bicyclic) bond motifs is 12. The van der Waals surface area contributed by atoms with Gasteiger partial charge in [0.1, 0.15) is 0 Å². The standard InChI is InChI=1S/C96H58S2/c1-3-20-59(21-4-1)61-42-44-64(45-43-61)91-80-50-46-66(56-88(80)94(77-38-17-27-63-25-8-10-31-72(63)77)82-52-48-68(57-86(82)91)73-35-18-39-83-75-32-13-14-41-89(75)97-95(73)83)67-49-53-90-85(55-67)84-40-19-36-74(96(84)98-90)69-47-51-81-87(58-69)92(70-29-15-28-65(54-70)60-22-5-2-6-23-60)78-33-11-12-34-79(78)93(81)76-37-16-26-62-24-7-9-30-71(62)76/h1-58H. The molecule has 98 heavy (non-hydrogen) atoms. The van der Waals surface area contributed by atoms with E-state index in [9.17, 15) is 0 Å². The highest BCUT2D eigenvalue weighted by Gasteiger charge is 2.24. The van der Waals surface area contributed by atoms with Crippen LogP contribution >= 0.6 is 22.7 Å². The molecule has 0 saturated carbocycles. The van der Waals surface area contributed by atoms with Gasteiger partial charge in [-0.15, -0.1) is 22.7 Å². The maximum absolute atomic E-state index is 2.50. The van der Waals surface area contributed by atoms with Crippen molar-refractivity contribution in [2.45, 2.75) is 0 Å². The third-order valence-electron chi connectivity index (χ3n) is 20.7. The van der Waals surface area contributed by atoms with Gasteiger partial charge in [-0.25, -0.2) is 0 Å². The molecule has 18 aromatic carbocycles. The first-order valence-corrected chi connectivity index (χ1v) is 35.4. The Balaban J connectivity index is 0.785. The zero-order valence-electron chi connectivity index (χ0n) is 53.3. The maximum Gasteiger partial charge on any atom is 0.0433 e. The molecule has 0 aliphatic rings. The van der Waals surface area contributed by atoms with E-state index in [2.05, 4.69) is 352 Å². The van der Waals surface area contributed by atoms with Gasteiger partial charge < -0.3 is 0 Å². The monoisotopic (exact) mass is 1270 g/mol. The molecule has 20 aromatic rings. The summed E-state index contributed by atoms with van der Waals surface area (Å²) in [6.07, 6.45) is 0. The first-order valence-electron chi connectivity index (χ1n) is 33.8. The van der Waals surface area contributed by atoms with Crippen molar-refractivity contribution in [2.24, 2.45) is 0 Å². The van der Waals surface area contributed by atoms with E-state index in [0.717, 1.165) is 0 Å². The SMILES string of the molecule is c1ccc(-c2ccc(-c3c4cc(-c5cccc6c5sc5ccccc56)ccc4c(-c4cccc5ccccc45)c4cc(-c5ccc6sc7c(-c8ccc9c(-c%10cccc%11ccccc%10%11)c%10ccccc%10c(-c%10cccc(-c%11ccccc%11)c%10)c9c8)cccc7c6c5)ccc34)cc2)cc1. The van der Waals surface area contributed by atoms with Gasteiger partial charge in [-0.1, -0.05) is 309 Å². The predicted molar refractivity (Wildman–Crippen MR) is 426 cm³/mol. The van der Waals surface area contributed by atoms with Gasteiger partial charge in [0, 0.05) is 40.3 Å². The van der Waals surface area contributed by atoms with Crippen molar-refractivity contribution >= 4 is 128 Å². The summed E-state index contributed by atoms with van der Waals surface area (Å²) >= 11 is 3.80. The molecular formula is C96H58S2. The molecule has 2 heterocycles. The van der Waals surface area contributed by atoms with Crippen LogP contribution in [0.1, 0.15) is 0 Å². The first kappa shape index (κ1) is 56.3. The minimum atomic E-state index is 1.18. The molecule has 2 aromatic heterocycles. The lowest BCUT2D eigenvalue weighted by Gasteiger charge is -2.21. The Hall–Kier alpha value is -12.0. The summed E-state index contributed by atoms with van der Waals surface area (Å²) < 4.78 is 5.18. The zero-order chi connectivity index (χ0) is 64.4. The Labute approximate surface area is 575 Å².